The highest BCUT2D eigenvalue weighted by atomic mass is 16.5. The van der Waals surface area contributed by atoms with Crippen LogP contribution in [0.2, 0.25) is 0 Å². The Morgan fingerprint density at radius 3 is 2.80 bits per heavy atom. The van der Waals surface area contributed by atoms with Gasteiger partial charge in [-0.25, -0.2) is 0 Å². The highest BCUT2D eigenvalue weighted by molar-refractivity contribution is 6.07. The molecule has 0 aliphatic carbocycles. The highest BCUT2D eigenvalue weighted by Crippen LogP contribution is 2.24. The molecule has 1 aromatic carbocycles. The van der Waals surface area contributed by atoms with Gasteiger partial charge in [-0.15, -0.1) is 0 Å². The van der Waals surface area contributed by atoms with Crippen LogP contribution < -0.4 is 5.32 Å². The van der Waals surface area contributed by atoms with Gasteiger partial charge in [-0.05, 0) is 51.9 Å². The molecule has 1 fully saturated rings. The standard InChI is InChI=1S/C20H27N3O2/c1-6-25-18-11-23(5)10-17(18)22-20(24)16-9-13(3)21-19-14(4)12(2)7-8-15(16)19/h7-9,17-18H,6,10-11H2,1-5H3,(H,22,24)/t17-,18-/m1/s1. The Labute approximate surface area is 149 Å². The molecular formula is C20H27N3O2. The monoisotopic (exact) mass is 341 g/mol. The lowest BCUT2D eigenvalue weighted by atomic mass is 10.0. The summed E-state index contributed by atoms with van der Waals surface area (Å²) in [5.74, 6) is -0.0521. The summed E-state index contributed by atoms with van der Waals surface area (Å²) in [5, 5.41) is 4.09. The maximum Gasteiger partial charge on any atom is 0.252 e. The third-order valence-electron chi connectivity index (χ3n) is 5.02. The number of hydrogen-bond acceptors (Lipinski definition) is 4. The number of rotatable bonds is 4. The maximum atomic E-state index is 13.0. The first-order valence-electron chi connectivity index (χ1n) is 8.89. The number of fused-ring (bicyclic) bond motifs is 1. The Bertz CT molecular complexity index is 803. The van der Waals surface area contributed by atoms with Crippen molar-refractivity contribution in [3.8, 4) is 0 Å². The van der Waals surface area contributed by atoms with Gasteiger partial charge in [0.2, 0.25) is 0 Å². The molecule has 134 valence electrons. The van der Waals surface area contributed by atoms with E-state index in [1.54, 1.807) is 0 Å². The molecule has 0 unspecified atom stereocenters. The summed E-state index contributed by atoms with van der Waals surface area (Å²) < 4.78 is 5.80. The predicted molar refractivity (Wildman–Crippen MR) is 100 cm³/mol. The van der Waals surface area contributed by atoms with Crippen molar-refractivity contribution >= 4 is 16.8 Å². The molecule has 1 aliphatic heterocycles. The zero-order valence-corrected chi connectivity index (χ0v) is 15.7. The fourth-order valence-corrected chi connectivity index (χ4v) is 3.58. The molecule has 2 heterocycles. The SMILES string of the molecule is CCO[C@@H]1CN(C)C[C@H]1NC(=O)c1cc(C)nc2c(C)c(C)ccc12. The summed E-state index contributed by atoms with van der Waals surface area (Å²) in [6.45, 7) is 10.3. The topological polar surface area (TPSA) is 54.5 Å². The smallest absolute Gasteiger partial charge is 0.252 e. The number of aromatic nitrogens is 1. The molecule has 5 heteroatoms. The largest absolute Gasteiger partial charge is 0.375 e. The van der Waals surface area contributed by atoms with Gasteiger partial charge >= 0.3 is 0 Å². The van der Waals surface area contributed by atoms with Crippen LogP contribution in [0.4, 0.5) is 0 Å². The minimum Gasteiger partial charge on any atom is -0.375 e. The summed E-state index contributed by atoms with van der Waals surface area (Å²) in [6.07, 6.45) is 0.0390. The van der Waals surface area contributed by atoms with Gasteiger partial charge in [-0.1, -0.05) is 12.1 Å². The Kier molecular flexibility index (Phi) is 5.06. The Balaban J connectivity index is 1.93. The van der Waals surface area contributed by atoms with Crippen LogP contribution in [-0.4, -0.2) is 54.7 Å². The molecule has 1 aromatic heterocycles. The van der Waals surface area contributed by atoms with Crippen molar-refractivity contribution in [2.45, 2.75) is 39.8 Å². The van der Waals surface area contributed by atoms with Crippen molar-refractivity contribution in [3.63, 3.8) is 0 Å². The van der Waals surface area contributed by atoms with E-state index in [1.165, 1.54) is 5.56 Å². The molecule has 0 radical (unpaired) electrons. The van der Waals surface area contributed by atoms with Crippen molar-refractivity contribution in [3.05, 3.63) is 40.6 Å². The van der Waals surface area contributed by atoms with Crippen LogP contribution in [0.3, 0.4) is 0 Å². The van der Waals surface area contributed by atoms with E-state index in [-0.39, 0.29) is 18.1 Å². The van der Waals surface area contributed by atoms with E-state index >= 15 is 0 Å². The van der Waals surface area contributed by atoms with E-state index in [2.05, 4.69) is 42.2 Å². The quantitative estimate of drug-likeness (QED) is 0.929. The first-order chi connectivity index (χ1) is 11.9. The van der Waals surface area contributed by atoms with Gasteiger partial charge in [0.25, 0.3) is 5.91 Å². The van der Waals surface area contributed by atoms with Gasteiger partial charge < -0.3 is 15.0 Å². The zero-order valence-electron chi connectivity index (χ0n) is 15.7. The van der Waals surface area contributed by atoms with Crippen molar-refractivity contribution < 1.29 is 9.53 Å². The third-order valence-corrected chi connectivity index (χ3v) is 5.02. The van der Waals surface area contributed by atoms with Gasteiger partial charge in [0.05, 0.1) is 23.2 Å². The van der Waals surface area contributed by atoms with Gasteiger partial charge in [-0.3, -0.25) is 9.78 Å². The third kappa shape index (κ3) is 3.53. The Morgan fingerprint density at radius 1 is 1.32 bits per heavy atom. The van der Waals surface area contributed by atoms with E-state index in [0.717, 1.165) is 35.2 Å². The number of aryl methyl sites for hydroxylation is 3. The molecule has 1 N–H and O–H groups in total. The highest BCUT2D eigenvalue weighted by Gasteiger charge is 2.33. The Hall–Kier alpha value is -1.98. The molecule has 3 rings (SSSR count). The summed E-state index contributed by atoms with van der Waals surface area (Å²) in [5.41, 5.74) is 4.77. The molecule has 1 aliphatic rings. The number of pyridine rings is 1. The second kappa shape index (κ2) is 7.10. The van der Waals surface area contributed by atoms with E-state index in [0.29, 0.717) is 12.2 Å². The number of nitrogens with zero attached hydrogens (tertiary/aromatic N) is 2. The second-order valence-electron chi connectivity index (χ2n) is 7.01. The summed E-state index contributed by atoms with van der Waals surface area (Å²) in [4.78, 5) is 19.9. The van der Waals surface area contributed by atoms with Gasteiger partial charge in [0, 0.05) is 30.8 Å². The molecule has 2 atom stereocenters. The number of likely N-dealkylation sites (tertiary alicyclic amines) is 1. The lowest BCUT2D eigenvalue weighted by Crippen LogP contribution is -2.44. The van der Waals surface area contributed by atoms with Crippen LogP contribution in [0.25, 0.3) is 10.9 Å². The van der Waals surface area contributed by atoms with Crippen LogP contribution in [0, 0.1) is 20.8 Å². The van der Waals surface area contributed by atoms with Crippen LogP contribution >= 0.6 is 0 Å². The lowest BCUT2D eigenvalue weighted by molar-refractivity contribution is 0.0513. The van der Waals surface area contributed by atoms with E-state index in [1.807, 2.05) is 26.0 Å². The molecule has 2 aromatic rings. The number of nitrogens with one attached hydrogen (secondary N) is 1. The number of hydrogen-bond donors (Lipinski definition) is 1. The normalized spacial score (nSPS) is 21.0. The maximum absolute atomic E-state index is 13.0. The van der Waals surface area contributed by atoms with Crippen LogP contribution in [0.5, 0.6) is 0 Å². The first kappa shape index (κ1) is 17.8. The second-order valence-corrected chi connectivity index (χ2v) is 7.01. The Morgan fingerprint density at radius 2 is 2.08 bits per heavy atom. The summed E-state index contributed by atoms with van der Waals surface area (Å²) in [7, 11) is 2.05. The minimum absolute atomic E-state index is 0.00696. The van der Waals surface area contributed by atoms with Crippen molar-refractivity contribution in [1.29, 1.82) is 0 Å². The summed E-state index contributed by atoms with van der Waals surface area (Å²) in [6, 6.07) is 5.94. The molecule has 0 saturated carbocycles. The molecule has 0 spiro atoms. The molecule has 1 amide bonds. The van der Waals surface area contributed by atoms with E-state index in [9.17, 15) is 4.79 Å². The van der Waals surface area contributed by atoms with Crippen LogP contribution in [0.1, 0.15) is 34.1 Å². The fraction of sp³-hybridized carbons (Fsp3) is 0.500. The van der Waals surface area contributed by atoms with Gasteiger partial charge in [-0.2, -0.15) is 0 Å². The van der Waals surface area contributed by atoms with Crippen molar-refractivity contribution in [1.82, 2.24) is 15.2 Å². The summed E-state index contributed by atoms with van der Waals surface area (Å²) >= 11 is 0. The van der Waals surface area contributed by atoms with Crippen LogP contribution in [0.15, 0.2) is 18.2 Å². The number of carbonyl (C=O) groups excluding carboxylic acids is 1. The number of ether oxygens (including phenoxy) is 1. The fourth-order valence-electron chi connectivity index (χ4n) is 3.58. The van der Waals surface area contributed by atoms with Crippen molar-refractivity contribution in [2.75, 3.05) is 26.7 Å². The minimum atomic E-state index is -0.0521. The number of amides is 1. The van der Waals surface area contributed by atoms with Gasteiger partial charge in [0.15, 0.2) is 0 Å². The molecule has 5 nitrogen and oxygen atoms in total. The zero-order chi connectivity index (χ0) is 18.1. The number of benzene rings is 1. The van der Waals surface area contributed by atoms with E-state index < -0.39 is 0 Å². The van der Waals surface area contributed by atoms with E-state index in [4.69, 9.17) is 4.74 Å². The van der Waals surface area contributed by atoms with Crippen LogP contribution in [-0.2, 0) is 4.74 Å². The van der Waals surface area contributed by atoms with Gasteiger partial charge in [0.1, 0.15) is 0 Å². The average molecular weight is 341 g/mol. The molecule has 0 bridgehead atoms. The number of carbonyl (C=O) groups is 1. The molecular weight excluding hydrogens is 314 g/mol. The molecule has 1 saturated heterocycles. The predicted octanol–water partition coefficient (Wildman–Crippen LogP) is 2.61. The van der Waals surface area contributed by atoms with Crippen molar-refractivity contribution in [2.24, 2.45) is 0 Å². The first-order valence-corrected chi connectivity index (χ1v) is 8.89. The molecule has 25 heavy (non-hydrogen) atoms. The lowest BCUT2D eigenvalue weighted by Gasteiger charge is -2.20. The average Bonchev–Trinajstić information content (AvgIpc) is 2.90. The number of likely N-dealkylation sites (N-methyl/N-ethyl adjacent to an activating group) is 1.